The number of H-pyrrole nitrogens is 1. The predicted octanol–water partition coefficient (Wildman–Crippen LogP) is 1.26. The number of hydrogen-bond donors (Lipinski definition) is 1. The number of hydrogen-bond acceptors (Lipinski definition) is 5. The topological polar surface area (TPSA) is 88.9 Å². The van der Waals surface area contributed by atoms with E-state index in [1.165, 1.54) is 6.33 Å². The van der Waals surface area contributed by atoms with Gasteiger partial charge in [0.2, 0.25) is 5.91 Å². The summed E-state index contributed by atoms with van der Waals surface area (Å²) in [4.78, 5) is 18.7. The molecule has 0 spiro atoms. The Labute approximate surface area is 138 Å². The molecule has 3 rings (SSSR count). The van der Waals surface area contributed by atoms with Crippen LogP contribution in [0.15, 0.2) is 6.33 Å². The van der Waals surface area contributed by atoms with E-state index in [9.17, 15) is 4.79 Å². The molecule has 0 radical (unpaired) electrons. The molecule has 8 nitrogen and oxygen atoms in total. The highest BCUT2D eigenvalue weighted by Gasteiger charge is 2.38. The summed E-state index contributed by atoms with van der Waals surface area (Å²) in [5.41, 5.74) is 1.51. The molecule has 0 unspecified atom stereocenters. The van der Waals surface area contributed by atoms with Crippen LogP contribution in [0.1, 0.15) is 29.7 Å². The Bertz CT molecular complexity index is 698. The van der Waals surface area contributed by atoms with Gasteiger partial charge in [0.25, 0.3) is 0 Å². The Morgan fingerprint density at radius 2 is 2.30 bits per heavy atom. The van der Waals surface area contributed by atoms with Crippen LogP contribution in [-0.2, 0) is 16.1 Å². The van der Waals surface area contributed by atoms with Crippen LogP contribution < -0.4 is 0 Å². The average Bonchev–Trinajstić information content (AvgIpc) is 3.24. The molecule has 9 heteroatoms. The SMILES string of the molecule is CO[C@@H]1C[C@@H](c2ncn[nH]2)N(C(=O)Cn2nc(C)c(Cl)c2C)C1. The number of carbonyl (C=O) groups is 1. The molecule has 1 amide bonds. The van der Waals surface area contributed by atoms with Crippen molar-refractivity contribution in [1.82, 2.24) is 29.9 Å². The summed E-state index contributed by atoms with van der Waals surface area (Å²) in [6, 6.07) is -0.164. The zero-order valence-electron chi connectivity index (χ0n) is 13.3. The number of halogens is 1. The van der Waals surface area contributed by atoms with Crippen molar-refractivity contribution in [2.75, 3.05) is 13.7 Å². The third-order valence-electron chi connectivity index (χ3n) is 4.24. The molecule has 0 saturated carbocycles. The molecule has 1 N–H and O–H groups in total. The fourth-order valence-electron chi connectivity index (χ4n) is 2.93. The highest BCUT2D eigenvalue weighted by Crippen LogP contribution is 2.31. The normalized spacial score (nSPS) is 21.1. The Morgan fingerprint density at radius 3 is 2.87 bits per heavy atom. The van der Waals surface area contributed by atoms with E-state index >= 15 is 0 Å². The zero-order valence-corrected chi connectivity index (χ0v) is 14.0. The maximum Gasteiger partial charge on any atom is 0.245 e. The third-order valence-corrected chi connectivity index (χ3v) is 4.79. The zero-order chi connectivity index (χ0) is 16.6. The highest BCUT2D eigenvalue weighted by molar-refractivity contribution is 6.31. The van der Waals surface area contributed by atoms with Gasteiger partial charge in [-0.05, 0) is 13.8 Å². The number of aryl methyl sites for hydroxylation is 1. The lowest BCUT2D eigenvalue weighted by Crippen LogP contribution is -2.35. The predicted molar refractivity (Wildman–Crippen MR) is 83.0 cm³/mol. The molecule has 1 fully saturated rings. The smallest absolute Gasteiger partial charge is 0.245 e. The van der Waals surface area contributed by atoms with Gasteiger partial charge in [0, 0.05) is 20.1 Å². The first kappa shape index (κ1) is 15.9. The van der Waals surface area contributed by atoms with Crippen LogP contribution in [0.3, 0.4) is 0 Å². The van der Waals surface area contributed by atoms with E-state index in [0.29, 0.717) is 23.8 Å². The van der Waals surface area contributed by atoms with E-state index in [4.69, 9.17) is 16.3 Å². The number of aromatic nitrogens is 5. The number of likely N-dealkylation sites (tertiary alicyclic amines) is 1. The largest absolute Gasteiger partial charge is 0.380 e. The van der Waals surface area contributed by atoms with Crippen LogP contribution in [0.25, 0.3) is 0 Å². The number of aromatic amines is 1. The minimum absolute atomic E-state index is 0.0157. The number of carbonyl (C=O) groups excluding carboxylic acids is 1. The molecular weight excluding hydrogens is 320 g/mol. The molecule has 2 atom stereocenters. The number of amides is 1. The van der Waals surface area contributed by atoms with E-state index < -0.39 is 0 Å². The molecular formula is C14H19ClN6O2. The molecule has 2 aromatic heterocycles. The van der Waals surface area contributed by atoms with E-state index in [0.717, 1.165) is 11.4 Å². The minimum atomic E-state index is -0.164. The third kappa shape index (κ3) is 2.96. The molecule has 23 heavy (non-hydrogen) atoms. The fourth-order valence-corrected chi connectivity index (χ4v) is 3.06. The average molecular weight is 339 g/mol. The minimum Gasteiger partial charge on any atom is -0.380 e. The van der Waals surface area contributed by atoms with Crippen LogP contribution in [0.4, 0.5) is 0 Å². The van der Waals surface area contributed by atoms with Crippen molar-refractivity contribution in [3.05, 3.63) is 28.6 Å². The van der Waals surface area contributed by atoms with Crippen molar-refractivity contribution in [3.63, 3.8) is 0 Å². The monoisotopic (exact) mass is 338 g/mol. The van der Waals surface area contributed by atoms with Crippen molar-refractivity contribution >= 4 is 17.5 Å². The van der Waals surface area contributed by atoms with Gasteiger partial charge >= 0.3 is 0 Å². The van der Waals surface area contributed by atoms with Gasteiger partial charge in [-0.3, -0.25) is 14.6 Å². The molecule has 1 saturated heterocycles. The highest BCUT2D eigenvalue weighted by atomic mass is 35.5. The Balaban J connectivity index is 1.80. The van der Waals surface area contributed by atoms with Gasteiger partial charge in [0.15, 0.2) is 0 Å². The van der Waals surface area contributed by atoms with E-state index in [-0.39, 0.29) is 24.6 Å². The standard InChI is InChI=1S/C14H19ClN6O2/c1-8-13(15)9(2)21(19-8)6-12(22)20-5-10(23-3)4-11(20)14-16-7-17-18-14/h7,10-11H,4-6H2,1-3H3,(H,16,17,18)/t10-,11+/m1/s1. The molecule has 3 heterocycles. The first-order valence-electron chi connectivity index (χ1n) is 7.38. The Morgan fingerprint density at radius 1 is 1.52 bits per heavy atom. The van der Waals surface area contributed by atoms with Crippen LogP contribution in [0, 0.1) is 13.8 Å². The van der Waals surface area contributed by atoms with E-state index in [1.54, 1.807) is 16.7 Å². The number of rotatable bonds is 4. The summed E-state index contributed by atoms with van der Waals surface area (Å²) in [6.07, 6.45) is 2.12. The van der Waals surface area contributed by atoms with Crippen LogP contribution in [0.2, 0.25) is 5.02 Å². The molecule has 124 valence electrons. The maximum absolute atomic E-state index is 12.8. The number of ether oxygens (including phenoxy) is 1. The van der Waals surface area contributed by atoms with Crippen molar-refractivity contribution in [2.45, 2.75) is 39.0 Å². The van der Waals surface area contributed by atoms with E-state index in [2.05, 4.69) is 20.3 Å². The van der Waals surface area contributed by atoms with Crippen LogP contribution >= 0.6 is 11.6 Å². The number of methoxy groups -OCH3 is 1. The summed E-state index contributed by atoms with van der Waals surface area (Å²) < 4.78 is 7.05. The second kappa shape index (κ2) is 6.29. The van der Waals surface area contributed by atoms with Crippen molar-refractivity contribution in [2.24, 2.45) is 0 Å². The fraction of sp³-hybridized carbons (Fsp3) is 0.571. The second-order valence-electron chi connectivity index (χ2n) is 5.67. The van der Waals surface area contributed by atoms with Gasteiger partial charge < -0.3 is 9.64 Å². The molecule has 1 aliphatic rings. The lowest BCUT2D eigenvalue weighted by atomic mass is 10.2. The van der Waals surface area contributed by atoms with Gasteiger partial charge in [-0.2, -0.15) is 10.2 Å². The summed E-state index contributed by atoms with van der Waals surface area (Å²) in [6.45, 7) is 4.34. The van der Waals surface area contributed by atoms with Gasteiger partial charge in [-0.15, -0.1) is 0 Å². The van der Waals surface area contributed by atoms with Crippen molar-refractivity contribution < 1.29 is 9.53 Å². The number of nitrogens with one attached hydrogen (secondary N) is 1. The molecule has 0 aromatic carbocycles. The first-order valence-corrected chi connectivity index (χ1v) is 7.76. The Kier molecular flexibility index (Phi) is 4.36. The quantitative estimate of drug-likeness (QED) is 0.906. The van der Waals surface area contributed by atoms with Crippen LogP contribution in [0.5, 0.6) is 0 Å². The van der Waals surface area contributed by atoms with Gasteiger partial charge in [0.05, 0.1) is 28.6 Å². The summed E-state index contributed by atoms with van der Waals surface area (Å²) in [7, 11) is 1.65. The van der Waals surface area contributed by atoms with E-state index in [1.807, 2.05) is 13.8 Å². The first-order chi connectivity index (χ1) is 11.0. The summed E-state index contributed by atoms with van der Waals surface area (Å²) in [5.74, 6) is 0.623. The van der Waals surface area contributed by atoms with Crippen molar-refractivity contribution in [1.29, 1.82) is 0 Å². The molecule has 1 aliphatic heterocycles. The lowest BCUT2D eigenvalue weighted by molar-refractivity contribution is -0.133. The van der Waals surface area contributed by atoms with Crippen molar-refractivity contribution in [3.8, 4) is 0 Å². The second-order valence-corrected chi connectivity index (χ2v) is 6.05. The Hall–Kier alpha value is -1.93. The van der Waals surface area contributed by atoms with Gasteiger partial charge in [-0.25, -0.2) is 4.98 Å². The van der Waals surface area contributed by atoms with Gasteiger partial charge in [-0.1, -0.05) is 11.6 Å². The summed E-state index contributed by atoms with van der Waals surface area (Å²) in [5, 5.41) is 11.6. The number of nitrogens with zero attached hydrogens (tertiary/aromatic N) is 5. The lowest BCUT2D eigenvalue weighted by Gasteiger charge is -2.22. The molecule has 0 bridgehead atoms. The molecule has 2 aromatic rings. The van der Waals surface area contributed by atoms with Gasteiger partial charge in [0.1, 0.15) is 18.7 Å². The summed E-state index contributed by atoms with van der Waals surface area (Å²) >= 11 is 6.15. The molecule has 0 aliphatic carbocycles. The maximum atomic E-state index is 12.8. The van der Waals surface area contributed by atoms with Crippen LogP contribution in [-0.4, -0.2) is 55.5 Å².